The number of hydrogen-bond donors (Lipinski definition) is 1. The molecule has 21 heavy (non-hydrogen) atoms. The third kappa shape index (κ3) is 2.72. The molecule has 2 aromatic rings. The highest BCUT2D eigenvalue weighted by atomic mass is 16.5. The van der Waals surface area contributed by atoms with Crippen molar-refractivity contribution in [2.45, 2.75) is 18.4 Å². The molecule has 1 saturated heterocycles. The molecule has 4 nitrogen and oxygen atoms in total. The van der Waals surface area contributed by atoms with Crippen LogP contribution < -0.4 is 9.64 Å². The third-order valence-corrected chi connectivity index (χ3v) is 4.14. The second-order valence-electron chi connectivity index (χ2n) is 5.41. The van der Waals surface area contributed by atoms with Gasteiger partial charge in [-0.05, 0) is 37.1 Å². The molecular weight excluding hydrogens is 264 g/mol. The predicted molar refractivity (Wildman–Crippen MR) is 82.6 cm³/mol. The molecule has 110 valence electrons. The first-order chi connectivity index (χ1) is 10.2. The van der Waals surface area contributed by atoms with Crippen LogP contribution in [-0.2, 0) is 5.60 Å². The minimum Gasteiger partial charge on any atom is -0.495 e. The van der Waals surface area contributed by atoms with Crippen molar-refractivity contribution in [1.29, 1.82) is 0 Å². The van der Waals surface area contributed by atoms with E-state index in [0.717, 1.165) is 13.1 Å². The van der Waals surface area contributed by atoms with E-state index in [2.05, 4.69) is 22.0 Å². The van der Waals surface area contributed by atoms with Gasteiger partial charge >= 0.3 is 0 Å². The van der Waals surface area contributed by atoms with Gasteiger partial charge in [0.2, 0.25) is 0 Å². The smallest absolute Gasteiger partial charge is 0.143 e. The van der Waals surface area contributed by atoms with Gasteiger partial charge < -0.3 is 14.7 Å². The topological polar surface area (TPSA) is 45.6 Å². The van der Waals surface area contributed by atoms with E-state index in [1.807, 2.05) is 30.3 Å². The summed E-state index contributed by atoms with van der Waals surface area (Å²) < 4.78 is 5.34. The fraction of sp³-hybridized carbons (Fsp3) is 0.353. The van der Waals surface area contributed by atoms with Gasteiger partial charge in [-0.15, -0.1) is 0 Å². The van der Waals surface area contributed by atoms with Crippen LogP contribution in [0.1, 0.15) is 18.5 Å². The molecular formula is C17H20N2O2. The summed E-state index contributed by atoms with van der Waals surface area (Å²) in [6.07, 6.45) is 3.00. The standard InChI is InChI=1S/C17H20N2O2/c1-21-15-8-5-11-18-16(15)17(20)9-12-19(13-10-17)14-6-3-2-4-7-14/h2-8,11,20H,9-10,12-13H2,1H3. The lowest BCUT2D eigenvalue weighted by atomic mass is 9.87. The monoisotopic (exact) mass is 284 g/mol. The molecule has 0 aliphatic carbocycles. The highest BCUT2D eigenvalue weighted by Gasteiger charge is 2.37. The summed E-state index contributed by atoms with van der Waals surface area (Å²) >= 11 is 0. The van der Waals surface area contributed by atoms with Gasteiger partial charge in [0.1, 0.15) is 17.0 Å². The molecule has 2 heterocycles. The molecule has 1 fully saturated rings. The number of aromatic nitrogens is 1. The summed E-state index contributed by atoms with van der Waals surface area (Å²) in [5.41, 5.74) is 0.950. The molecule has 1 aliphatic rings. The Morgan fingerprint density at radius 2 is 1.81 bits per heavy atom. The summed E-state index contributed by atoms with van der Waals surface area (Å²) in [6, 6.07) is 14.0. The van der Waals surface area contributed by atoms with Crippen molar-refractivity contribution in [3.05, 3.63) is 54.4 Å². The van der Waals surface area contributed by atoms with E-state index in [4.69, 9.17) is 4.74 Å². The number of pyridine rings is 1. The van der Waals surface area contributed by atoms with Gasteiger partial charge in [-0.2, -0.15) is 0 Å². The maximum Gasteiger partial charge on any atom is 0.143 e. The molecule has 0 radical (unpaired) electrons. The van der Waals surface area contributed by atoms with Crippen LogP contribution >= 0.6 is 0 Å². The Bertz CT molecular complexity index is 593. The molecule has 0 saturated carbocycles. The molecule has 1 aliphatic heterocycles. The highest BCUT2D eigenvalue weighted by Crippen LogP contribution is 2.37. The van der Waals surface area contributed by atoms with Crippen LogP contribution in [-0.4, -0.2) is 30.3 Å². The van der Waals surface area contributed by atoms with Crippen molar-refractivity contribution < 1.29 is 9.84 Å². The Balaban J connectivity index is 1.78. The van der Waals surface area contributed by atoms with Crippen LogP contribution in [0.25, 0.3) is 0 Å². The number of para-hydroxylation sites is 1. The lowest BCUT2D eigenvalue weighted by Crippen LogP contribution is -2.43. The number of piperidine rings is 1. The summed E-state index contributed by atoms with van der Waals surface area (Å²) in [7, 11) is 1.61. The summed E-state index contributed by atoms with van der Waals surface area (Å²) in [5.74, 6) is 0.660. The number of aliphatic hydroxyl groups is 1. The molecule has 0 atom stereocenters. The van der Waals surface area contributed by atoms with Gasteiger partial charge in [-0.3, -0.25) is 4.98 Å². The van der Waals surface area contributed by atoms with E-state index in [9.17, 15) is 5.11 Å². The normalized spacial score (nSPS) is 17.5. The second-order valence-corrected chi connectivity index (χ2v) is 5.41. The van der Waals surface area contributed by atoms with Gasteiger partial charge in [-0.25, -0.2) is 0 Å². The van der Waals surface area contributed by atoms with Crippen molar-refractivity contribution in [1.82, 2.24) is 4.98 Å². The van der Waals surface area contributed by atoms with Crippen molar-refractivity contribution in [3.8, 4) is 5.75 Å². The quantitative estimate of drug-likeness (QED) is 0.941. The molecule has 0 amide bonds. The zero-order valence-corrected chi connectivity index (χ0v) is 12.2. The van der Waals surface area contributed by atoms with E-state index in [1.54, 1.807) is 13.3 Å². The van der Waals surface area contributed by atoms with Gasteiger partial charge in [0.15, 0.2) is 0 Å². The Morgan fingerprint density at radius 3 is 2.48 bits per heavy atom. The van der Waals surface area contributed by atoms with Crippen molar-refractivity contribution in [2.24, 2.45) is 0 Å². The lowest BCUT2D eigenvalue weighted by molar-refractivity contribution is 0.00537. The molecule has 0 bridgehead atoms. The van der Waals surface area contributed by atoms with Crippen molar-refractivity contribution in [2.75, 3.05) is 25.1 Å². The Labute approximate surface area is 125 Å². The number of nitrogens with zero attached hydrogens (tertiary/aromatic N) is 2. The van der Waals surface area contributed by atoms with E-state index in [0.29, 0.717) is 24.3 Å². The van der Waals surface area contributed by atoms with Gasteiger partial charge in [0.25, 0.3) is 0 Å². The van der Waals surface area contributed by atoms with E-state index in [-0.39, 0.29) is 0 Å². The fourth-order valence-electron chi connectivity index (χ4n) is 2.92. The van der Waals surface area contributed by atoms with Crippen LogP contribution in [0, 0.1) is 0 Å². The van der Waals surface area contributed by atoms with Crippen LogP contribution in [0.4, 0.5) is 5.69 Å². The second kappa shape index (κ2) is 5.74. The molecule has 0 unspecified atom stereocenters. The first-order valence-corrected chi connectivity index (χ1v) is 7.25. The number of hydrogen-bond acceptors (Lipinski definition) is 4. The van der Waals surface area contributed by atoms with Gasteiger partial charge in [0.05, 0.1) is 7.11 Å². The van der Waals surface area contributed by atoms with Gasteiger partial charge in [0, 0.05) is 25.0 Å². The molecule has 4 heteroatoms. The van der Waals surface area contributed by atoms with Crippen LogP contribution in [0.15, 0.2) is 48.7 Å². The fourth-order valence-corrected chi connectivity index (χ4v) is 2.92. The number of anilines is 1. The number of methoxy groups -OCH3 is 1. The molecule has 0 spiro atoms. The SMILES string of the molecule is COc1cccnc1C1(O)CCN(c2ccccc2)CC1. The average molecular weight is 284 g/mol. The summed E-state index contributed by atoms with van der Waals surface area (Å²) in [5, 5.41) is 11.0. The number of rotatable bonds is 3. The number of benzene rings is 1. The molecule has 1 aromatic carbocycles. The maximum absolute atomic E-state index is 11.0. The zero-order valence-electron chi connectivity index (χ0n) is 12.2. The van der Waals surface area contributed by atoms with E-state index >= 15 is 0 Å². The van der Waals surface area contributed by atoms with Crippen LogP contribution in [0.5, 0.6) is 5.75 Å². The minimum absolute atomic E-state index is 0.648. The third-order valence-electron chi connectivity index (χ3n) is 4.14. The van der Waals surface area contributed by atoms with Crippen LogP contribution in [0.3, 0.4) is 0 Å². The Morgan fingerprint density at radius 1 is 1.10 bits per heavy atom. The predicted octanol–water partition coefficient (Wildman–Crippen LogP) is 2.58. The lowest BCUT2D eigenvalue weighted by Gasteiger charge is -2.39. The Kier molecular flexibility index (Phi) is 3.80. The van der Waals surface area contributed by atoms with E-state index < -0.39 is 5.60 Å². The molecule has 3 rings (SSSR count). The largest absolute Gasteiger partial charge is 0.495 e. The van der Waals surface area contributed by atoms with Gasteiger partial charge in [-0.1, -0.05) is 18.2 Å². The maximum atomic E-state index is 11.0. The summed E-state index contributed by atoms with van der Waals surface area (Å²) in [4.78, 5) is 6.64. The summed E-state index contributed by atoms with van der Waals surface area (Å²) in [6.45, 7) is 1.61. The Hall–Kier alpha value is -2.07. The van der Waals surface area contributed by atoms with Crippen molar-refractivity contribution >= 4 is 5.69 Å². The molecule has 1 aromatic heterocycles. The van der Waals surface area contributed by atoms with Crippen molar-refractivity contribution in [3.63, 3.8) is 0 Å². The minimum atomic E-state index is -0.905. The highest BCUT2D eigenvalue weighted by molar-refractivity contribution is 5.47. The molecule has 1 N–H and O–H groups in total. The first-order valence-electron chi connectivity index (χ1n) is 7.25. The van der Waals surface area contributed by atoms with E-state index in [1.165, 1.54) is 5.69 Å². The van der Waals surface area contributed by atoms with Crippen LogP contribution in [0.2, 0.25) is 0 Å². The first kappa shape index (κ1) is 13.9. The average Bonchev–Trinajstić information content (AvgIpc) is 2.56. The zero-order chi connectivity index (χ0) is 14.7. The number of ether oxygens (including phenoxy) is 1.